The number of fused-ring (bicyclic) bond motifs is 2. The monoisotopic (exact) mass is 464 g/mol. The summed E-state index contributed by atoms with van der Waals surface area (Å²) in [5.74, 6) is 0.476. The molecule has 0 aliphatic carbocycles. The van der Waals surface area contributed by atoms with Crippen molar-refractivity contribution in [3.63, 3.8) is 0 Å². The molecule has 8 heteroatoms. The van der Waals surface area contributed by atoms with Gasteiger partial charge >= 0.3 is 0 Å². The zero-order valence-corrected chi connectivity index (χ0v) is 20.0. The van der Waals surface area contributed by atoms with Crippen molar-refractivity contribution < 1.29 is 0 Å². The number of nitrogens with zero attached hydrogens (tertiary/aromatic N) is 4. The number of hydrogen-bond donors (Lipinski definition) is 4. The van der Waals surface area contributed by atoms with E-state index in [9.17, 15) is 0 Å². The Kier molecular flexibility index (Phi) is 5.49. The summed E-state index contributed by atoms with van der Waals surface area (Å²) in [6, 6.07) is 20.5. The molecule has 1 aliphatic heterocycles. The Balaban J connectivity index is 1.44. The maximum Gasteiger partial charge on any atom is 0.197 e. The van der Waals surface area contributed by atoms with Crippen LogP contribution in [-0.4, -0.2) is 48.7 Å². The molecular formula is C27H28N8. The third kappa shape index (κ3) is 4.21. The van der Waals surface area contributed by atoms with Crippen molar-refractivity contribution in [2.24, 2.45) is 21.5 Å². The number of H-pyrrole nitrogens is 1. The van der Waals surface area contributed by atoms with Crippen LogP contribution >= 0.6 is 0 Å². The Morgan fingerprint density at radius 1 is 0.971 bits per heavy atom. The molecule has 6 N–H and O–H groups in total. The molecule has 5 rings (SSSR count). The van der Waals surface area contributed by atoms with Crippen LogP contribution in [0.2, 0.25) is 0 Å². The van der Waals surface area contributed by atoms with Crippen LogP contribution in [0.3, 0.4) is 0 Å². The van der Waals surface area contributed by atoms with Crippen LogP contribution < -0.4 is 16.4 Å². The Labute approximate surface area is 204 Å². The first-order valence-corrected chi connectivity index (χ1v) is 11.3. The minimum atomic E-state index is 0.0453. The van der Waals surface area contributed by atoms with E-state index in [0.717, 1.165) is 62.4 Å². The highest BCUT2D eigenvalue weighted by atomic mass is 15.3. The predicted molar refractivity (Wildman–Crippen MR) is 145 cm³/mol. The first-order valence-electron chi connectivity index (χ1n) is 11.3. The smallest absolute Gasteiger partial charge is 0.197 e. The second-order valence-corrected chi connectivity index (χ2v) is 8.87. The van der Waals surface area contributed by atoms with E-state index in [2.05, 4.69) is 40.3 Å². The average molecular weight is 465 g/mol. The molecule has 0 fully saturated rings. The summed E-state index contributed by atoms with van der Waals surface area (Å²) in [7, 11) is 5.63. The highest BCUT2D eigenvalue weighted by molar-refractivity contribution is 6.15. The molecule has 0 atom stereocenters. The lowest BCUT2D eigenvalue weighted by Gasteiger charge is -2.25. The second kappa shape index (κ2) is 8.64. The summed E-state index contributed by atoms with van der Waals surface area (Å²) in [6.45, 7) is 0. The second-order valence-electron chi connectivity index (χ2n) is 8.87. The fraction of sp³-hybridized carbons (Fsp3) is 0.148. The van der Waals surface area contributed by atoms with Crippen molar-refractivity contribution in [3.8, 4) is 11.1 Å². The molecule has 8 nitrogen and oxygen atoms in total. The van der Waals surface area contributed by atoms with Gasteiger partial charge in [0, 0.05) is 55.9 Å². The SMILES string of the molecule is CN(C)C(=N)N(C)c1ccc(-c2ccc3[nH]cc(C4=Nc5ccc(N=C(N)N)cc5C4)c3c2)cc1. The summed E-state index contributed by atoms with van der Waals surface area (Å²) in [6.07, 6.45) is 2.75. The van der Waals surface area contributed by atoms with Crippen LogP contribution in [-0.2, 0) is 6.42 Å². The summed E-state index contributed by atoms with van der Waals surface area (Å²) in [5, 5.41) is 9.33. The van der Waals surface area contributed by atoms with Gasteiger partial charge < -0.3 is 26.3 Å². The molecule has 0 bridgehead atoms. The minimum absolute atomic E-state index is 0.0453. The number of aromatic amines is 1. The first-order chi connectivity index (χ1) is 16.8. The third-order valence-corrected chi connectivity index (χ3v) is 6.26. The van der Waals surface area contributed by atoms with Gasteiger partial charge in [0.2, 0.25) is 0 Å². The molecule has 0 radical (unpaired) electrons. The Morgan fingerprint density at radius 2 is 1.71 bits per heavy atom. The van der Waals surface area contributed by atoms with E-state index < -0.39 is 0 Å². The predicted octanol–water partition coefficient (Wildman–Crippen LogP) is 4.35. The molecule has 3 aromatic carbocycles. The lowest BCUT2D eigenvalue weighted by Crippen LogP contribution is -2.37. The van der Waals surface area contributed by atoms with Crippen LogP contribution in [0.1, 0.15) is 11.1 Å². The molecule has 0 amide bonds. The molecule has 176 valence electrons. The van der Waals surface area contributed by atoms with E-state index in [1.54, 1.807) is 4.90 Å². The molecule has 4 aromatic rings. The van der Waals surface area contributed by atoms with Crippen molar-refractivity contribution in [2.45, 2.75) is 6.42 Å². The maximum absolute atomic E-state index is 8.19. The molecule has 1 aliphatic rings. The van der Waals surface area contributed by atoms with Gasteiger partial charge in [0.05, 0.1) is 17.1 Å². The third-order valence-electron chi connectivity index (χ3n) is 6.26. The zero-order chi connectivity index (χ0) is 24.7. The molecule has 35 heavy (non-hydrogen) atoms. The summed E-state index contributed by atoms with van der Waals surface area (Å²) in [5.41, 5.74) is 20.2. The van der Waals surface area contributed by atoms with Gasteiger partial charge in [-0.05, 0) is 59.2 Å². The minimum Gasteiger partial charge on any atom is -0.370 e. The van der Waals surface area contributed by atoms with Gasteiger partial charge in [-0.2, -0.15) is 0 Å². The normalized spacial score (nSPS) is 12.3. The number of anilines is 1. The molecule has 0 saturated carbocycles. The van der Waals surface area contributed by atoms with E-state index in [-0.39, 0.29) is 5.96 Å². The largest absolute Gasteiger partial charge is 0.370 e. The lowest BCUT2D eigenvalue weighted by atomic mass is 9.99. The van der Waals surface area contributed by atoms with Gasteiger partial charge in [-0.15, -0.1) is 0 Å². The first kappa shape index (κ1) is 22.2. The van der Waals surface area contributed by atoms with Crippen LogP contribution in [0, 0.1) is 5.41 Å². The molecule has 0 spiro atoms. The molecule has 1 aromatic heterocycles. The van der Waals surface area contributed by atoms with Crippen LogP contribution in [0.4, 0.5) is 17.1 Å². The summed E-state index contributed by atoms with van der Waals surface area (Å²) >= 11 is 0. The molecule has 0 saturated heterocycles. The van der Waals surface area contributed by atoms with Gasteiger partial charge in [0.15, 0.2) is 11.9 Å². The number of benzene rings is 3. The van der Waals surface area contributed by atoms with E-state index in [4.69, 9.17) is 21.9 Å². The van der Waals surface area contributed by atoms with Crippen molar-refractivity contribution in [2.75, 3.05) is 26.0 Å². The maximum atomic E-state index is 8.19. The highest BCUT2D eigenvalue weighted by Crippen LogP contribution is 2.35. The Bertz CT molecular complexity index is 1490. The highest BCUT2D eigenvalue weighted by Gasteiger charge is 2.19. The molecule has 2 heterocycles. The van der Waals surface area contributed by atoms with Crippen molar-refractivity contribution in [1.82, 2.24) is 9.88 Å². The summed E-state index contributed by atoms with van der Waals surface area (Å²) in [4.78, 5) is 16.1. The van der Waals surface area contributed by atoms with E-state index in [1.165, 1.54) is 0 Å². The number of aliphatic imine (C=N–C) groups is 2. The van der Waals surface area contributed by atoms with Crippen LogP contribution in [0.5, 0.6) is 0 Å². The number of nitrogens with two attached hydrogens (primary N) is 2. The number of aromatic nitrogens is 1. The standard InChI is InChI=1S/C27H28N8/c1-34(2)27(30)35(3)20-8-4-16(5-9-20)17-6-10-24-21(13-17)22(15-31-24)25-14-18-12-19(32-26(28)29)7-11-23(18)33-25/h4-13,15,30-31H,14H2,1-3H3,(H4,28,29,32). The van der Waals surface area contributed by atoms with Crippen LogP contribution in [0.25, 0.3) is 22.0 Å². The Hall–Kier alpha value is -4.59. The van der Waals surface area contributed by atoms with Crippen LogP contribution in [0.15, 0.2) is 76.8 Å². The number of nitrogens with one attached hydrogen (secondary N) is 2. The van der Waals surface area contributed by atoms with E-state index in [0.29, 0.717) is 5.96 Å². The Morgan fingerprint density at radius 3 is 2.43 bits per heavy atom. The van der Waals surface area contributed by atoms with Gasteiger partial charge in [0.1, 0.15) is 0 Å². The van der Waals surface area contributed by atoms with E-state index >= 15 is 0 Å². The fourth-order valence-corrected chi connectivity index (χ4v) is 4.40. The average Bonchev–Trinajstić information content (AvgIpc) is 3.45. The van der Waals surface area contributed by atoms with Crippen molar-refractivity contribution in [3.05, 3.63) is 78.0 Å². The van der Waals surface area contributed by atoms with Gasteiger partial charge in [-0.3, -0.25) is 10.4 Å². The van der Waals surface area contributed by atoms with E-state index in [1.807, 2.05) is 62.6 Å². The topological polar surface area (TPSA) is 123 Å². The van der Waals surface area contributed by atoms with Crippen molar-refractivity contribution in [1.29, 1.82) is 5.41 Å². The van der Waals surface area contributed by atoms with Gasteiger partial charge in [-0.1, -0.05) is 18.2 Å². The zero-order valence-electron chi connectivity index (χ0n) is 20.0. The van der Waals surface area contributed by atoms with Gasteiger partial charge in [0.25, 0.3) is 0 Å². The lowest BCUT2D eigenvalue weighted by molar-refractivity contribution is 0.603. The number of guanidine groups is 2. The quantitative estimate of drug-likeness (QED) is 0.265. The van der Waals surface area contributed by atoms with Gasteiger partial charge in [-0.25, -0.2) is 4.99 Å². The fourth-order valence-electron chi connectivity index (χ4n) is 4.40. The number of rotatable bonds is 4. The van der Waals surface area contributed by atoms with Crippen molar-refractivity contribution >= 4 is 45.6 Å². The molecule has 0 unspecified atom stereocenters. The number of hydrogen-bond acceptors (Lipinski definition) is 3. The molecular weight excluding hydrogens is 436 g/mol. The summed E-state index contributed by atoms with van der Waals surface area (Å²) < 4.78 is 0.